The van der Waals surface area contributed by atoms with Crippen molar-refractivity contribution in [1.29, 1.82) is 0 Å². The molecule has 17 heavy (non-hydrogen) atoms. The number of pyridine rings is 1. The van der Waals surface area contributed by atoms with Crippen molar-refractivity contribution >= 4 is 18.3 Å². The third-order valence-corrected chi connectivity index (χ3v) is 2.91. The number of amides is 1. The number of nitrogens with zero attached hydrogens (tertiary/aromatic N) is 1. The molecule has 3 N–H and O–H groups in total. The molecule has 0 spiro atoms. The van der Waals surface area contributed by atoms with Gasteiger partial charge in [-0.3, -0.25) is 4.79 Å². The number of carbonyl (C=O) groups is 1. The zero-order chi connectivity index (χ0) is 11.6. The summed E-state index contributed by atoms with van der Waals surface area (Å²) in [6.45, 7) is 0.449. The highest BCUT2D eigenvalue weighted by molar-refractivity contribution is 5.92. The van der Waals surface area contributed by atoms with Crippen molar-refractivity contribution in [2.75, 3.05) is 6.54 Å². The van der Waals surface area contributed by atoms with Crippen LogP contribution in [0.3, 0.4) is 0 Å². The number of hydrogen-bond acceptors (Lipinski definition) is 3. The Balaban J connectivity index is 0.00000144. The van der Waals surface area contributed by atoms with Gasteiger partial charge >= 0.3 is 0 Å². The van der Waals surface area contributed by atoms with Gasteiger partial charge in [0.1, 0.15) is 11.5 Å². The monoisotopic (exact) mass is 259 g/mol. The van der Waals surface area contributed by atoms with Gasteiger partial charge in [-0.15, -0.1) is 12.4 Å². The molecule has 0 atom stereocenters. The molecule has 0 aromatic carbocycles. The Labute approximate surface area is 105 Å². The number of nitrogens with one attached hydrogen (secondary N) is 1. The second-order valence-corrected chi connectivity index (χ2v) is 4.26. The summed E-state index contributed by atoms with van der Waals surface area (Å²) in [7, 11) is 0. The maximum absolute atomic E-state index is 12.6. The van der Waals surface area contributed by atoms with Crippen molar-refractivity contribution in [1.82, 2.24) is 10.3 Å². The van der Waals surface area contributed by atoms with Gasteiger partial charge in [0.05, 0.1) is 6.20 Å². The van der Waals surface area contributed by atoms with Crippen LogP contribution in [0.5, 0.6) is 0 Å². The van der Waals surface area contributed by atoms with Gasteiger partial charge in [0, 0.05) is 12.1 Å². The van der Waals surface area contributed by atoms with Gasteiger partial charge in [-0.1, -0.05) is 0 Å². The molecule has 0 aliphatic heterocycles. The first-order valence-corrected chi connectivity index (χ1v) is 5.28. The van der Waals surface area contributed by atoms with E-state index in [1.165, 1.54) is 12.1 Å². The van der Waals surface area contributed by atoms with Crippen LogP contribution >= 0.6 is 12.4 Å². The van der Waals surface area contributed by atoms with E-state index in [1.54, 1.807) is 0 Å². The fourth-order valence-corrected chi connectivity index (χ4v) is 1.66. The van der Waals surface area contributed by atoms with Gasteiger partial charge in [-0.2, -0.15) is 0 Å². The van der Waals surface area contributed by atoms with E-state index < -0.39 is 5.82 Å². The zero-order valence-electron chi connectivity index (χ0n) is 9.28. The molecule has 0 bridgehead atoms. The topological polar surface area (TPSA) is 68.0 Å². The molecule has 1 aliphatic rings. The molecule has 1 fully saturated rings. The van der Waals surface area contributed by atoms with Crippen LogP contribution < -0.4 is 11.1 Å². The molecule has 1 aliphatic carbocycles. The van der Waals surface area contributed by atoms with Gasteiger partial charge in [-0.05, 0) is 31.4 Å². The van der Waals surface area contributed by atoms with Crippen molar-refractivity contribution in [2.45, 2.75) is 24.8 Å². The third-order valence-electron chi connectivity index (χ3n) is 2.91. The maximum atomic E-state index is 12.6. The molecular formula is C11H15ClFN3O. The van der Waals surface area contributed by atoms with Crippen molar-refractivity contribution in [2.24, 2.45) is 5.73 Å². The normalized spacial score (nSPS) is 16.6. The molecule has 2 rings (SSSR count). The van der Waals surface area contributed by atoms with Crippen molar-refractivity contribution < 1.29 is 9.18 Å². The highest BCUT2D eigenvalue weighted by Gasteiger charge is 2.32. The average Bonchev–Trinajstić information content (AvgIpc) is 2.24. The highest BCUT2D eigenvalue weighted by atomic mass is 35.5. The Morgan fingerprint density at radius 3 is 2.71 bits per heavy atom. The first kappa shape index (κ1) is 13.9. The smallest absolute Gasteiger partial charge is 0.269 e. The number of rotatable bonds is 3. The number of nitrogens with two attached hydrogens (primary N) is 1. The quantitative estimate of drug-likeness (QED) is 0.859. The molecule has 1 aromatic heterocycles. The minimum Gasteiger partial charge on any atom is -0.349 e. The summed E-state index contributed by atoms with van der Waals surface area (Å²) >= 11 is 0. The zero-order valence-corrected chi connectivity index (χ0v) is 10.1. The summed E-state index contributed by atoms with van der Waals surface area (Å²) in [4.78, 5) is 15.3. The molecule has 6 heteroatoms. The summed E-state index contributed by atoms with van der Waals surface area (Å²) < 4.78 is 12.6. The van der Waals surface area contributed by atoms with Gasteiger partial charge in [-0.25, -0.2) is 9.37 Å². The van der Waals surface area contributed by atoms with Gasteiger partial charge in [0.2, 0.25) is 0 Å². The molecule has 1 amide bonds. The van der Waals surface area contributed by atoms with Crippen LogP contribution in [0.4, 0.5) is 4.39 Å². The molecule has 0 unspecified atom stereocenters. The van der Waals surface area contributed by atoms with Gasteiger partial charge in [0.25, 0.3) is 5.91 Å². The van der Waals surface area contributed by atoms with E-state index in [-0.39, 0.29) is 29.5 Å². The van der Waals surface area contributed by atoms with Crippen LogP contribution in [-0.2, 0) is 0 Å². The Morgan fingerprint density at radius 2 is 2.24 bits per heavy atom. The molecule has 0 saturated heterocycles. The van der Waals surface area contributed by atoms with E-state index in [2.05, 4.69) is 10.3 Å². The largest absolute Gasteiger partial charge is 0.349 e. The minimum atomic E-state index is -0.453. The second-order valence-electron chi connectivity index (χ2n) is 4.26. The lowest BCUT2D eigenvalue weighted by Gasteiger charge is -2.38. The molecular weight excluding hydrogens is 245 g/mol. The maximum Gasteiger partial charge on any atom is 0.269 e. The standard InChI is InChI=1S/C11H14FN3O.ClH/c12-8-2-3-9(14-6-8)10(16)15-7-11(13)4-1-5-11;/h2-3,6H,1,4-5,7,13H2,(H,15,16);1H. The lowest BCUT2D eigenvalue weighted by molar-refractivity contribution is 0.0924. The van der Waals surface area contributed by atoms with Gasteiger partial charge in [0.15, 0.2) is 0 Å². The van der Waals surface area contributed by atoms with E-state index >= 15 is 0 Å². The summed E-state index contributed by atoms with van der Waals surface area (Å²) in [6, 6.07) is 2.57. The Morgan fingerprint density at radius 1 is 1.53 bits per heavy atom. The molecule has 1 aromatic rings. The summed E-state index contributed by atoms with van der Waals surface area (Å²) in [5, 5.41) is 2.71. The van der Waals surface area contributed by atoms with Crippen LogP contribution in [0, 0.1) is 5.82 Å². The predicted octanol–water partition coefficient (Wildman–Crippen LogP) is 1.25. The predicted molar refractivity (Wildman–Crippen MR) is 64.5 cm³/mol. The minimum absolute atomic E-state index is 0. The van der Waals surface area contributed by atoms with Crippen LogP contribution in [-0.4, -0.2) is 23.0 Å². The van der Waals surface area contributed by atoms with Crippen LogP contribution in [0.25, 0.3) is 0 Å². The first-order valence-electron chi connectivity index (χ1n) is 5.28. The van der Waals surface area contributed by atoms with Crippen LogP contribution in [0.2, 0.25) is 0 Å². The number of halogens is 2. The fourth-order valence-electron chi connectivity index (χ4n) is 1.66. The van der Waals surface area contributed by atoms with Crippen LogP contribution in [0.15, 0.2) is 18.3 Å². The first-order chi connectivity index (χ1) is 7.59. The van der Waals surface area contributed by atoms with Crippen molar-refractivity contribution in [3.63, 3.8) is 0 Å². The van der Waals surface area contributed by atoms with Crippen molar-refractivity contribution in [3.8, 4) is 0 Å². The summed E-state index contributed by atoms with van der Waals surface area (Å²) in [5.74, 6) is -0.762. The molecule has 1 saturated carbocycles. The Kier molecular flexibility index (Phi) is 4.42. The Hall–Kier alpha value is -1.20. The lowest BCUT2D eigenvalue weighted by atomic mass is 9.78. The fraction of sp³-hybridized carbons (Fsp3) is 0.455. The van der Waals surface area contributed by atoms with E-state index in [9.17, 15) is 9.18 Å². The number of carbonyl (C=O) groups excluding carboxylic acids is 1. The van der Waals surface area contributed by atoms with Crippen molar-refractivity contribution in [3.05, 3.63) is 29.8 Å². The average molecular weight is 260 g/mol. The van der Waals surface area contributed by atoms with E-state index in [1.807, 2.05) is 0 Å². The second kappa shape index (κ2) is 5.42. The van der Waals surface area contributed by atoms with E-state index in [0.717, 1.165) is 25.5 Å². The third kappa shape index (κ3) is 3.38. The SMILES string of the molecule is Cl.NC1(CNC(=O)c2ccc(F)cn2)CCC1. The molecule has 4 nitrogen and oxygen atoms in total. The summed E-state index contributed by atoms with van der Waals surface area (Å²) in [6.07, 6.45) is 4.01. The lowest BCUT2D eigenvalue weighted by Crippen LogP contribution is -2.55. The Bertz CT molecular complexity index is 392. The molecule has 1 heterocycles. The molecule has 0 radical (unpaired) electrons. The van der Waals surface area contributed by atoms with Crippen LogP contribution in [0.1, 0.15) is 29.8 Å². The highest BCUT2D eigenvalue weighted by Crippen LogP contribution is 2.28. The molecule has 94 valence electrons. The number of hydrogen-bond donors (Lipinski definition) is 2. The summed E-state index contributed by atoms with van der Waals surface area (Å²) in [5.41, 5.74) is 5.92. The van der Waals surface area contributed by atoms with E-state index in [0.29, 0.717) is 6.54 Å². The van der Waals surface area contributed by atoms with Gasteiger partial charge < -0.3 is 11.1 Å². The van der Waals surface area contributed by atoms with E-state index in [4.69, 9.17) is 5.73 Å². The number of aromatic nitrogens is 1.